The van der Waals surface area contributed by atoms with Crippen molar-refractivity contribution in [3.05, 3.63) is 51.2 Å². The number of benzene rings is 1. The number of thiophene rings is 1. The molecule has 1 N–H and O–H groups in total. The van der Waals surface area contributed by atoms with E-state index in [0.29, 0.717) is 11.6 Å². The highest BCUT2D eigenvalue weighted by molar-refractivity contribution is 7.10. The minimum Gasteiger partial charge on any atom is -0.488 e. The average Bonchev–Trinajstić information content (AvgIpc) is 2.83. The highest BCUT2D eigenvalue weighted by Crippen LogP contribution is 2.20. The van der Waals surface area contributed by atoms with Crippen LogP contribution in [0.1, 0.15) is 10.4 Å². The molecule has 2 rings (SSSR count). The van der Waals surface area contributed by atoms with Crippen LogP contribution >= 0.6 is 22.9 Å². The van der Waals surface area contributed by atoms with Crippen molar-refractivity contribution >= 4 is 22.9 Å². The van der Waals surface area contributed by atoms with Crippen molar-refractivity contribution in [2.24, 2.45) is 0 Å². The predicted molar refractivity (Wildman–Crippen MR) is 74.1 cm³/mol. The van der Waals surface area contributed by atoms with Crippen LogP contribution in [0.15, 0.2) is 35.7 Å². The second-order valence-corrected chi connectivity index (χ2v) is 4.90. The predicted octanol–water partition coefficient (Wildman–Crippen LogP) is 3.32. The van der Waals surface area contributed by atoms with Gasteiger partial charge in [0.25, 0.3) is 0 Å². The van der Waals surface area contributed by atoms with Gasteiger partial charge in [-0.3, -0.25) is 0 Å². The van der Waals surface area contributed by atoms with E-state index in [-0.39, 0.29) is 6.61 Å². The van der Waals surface area contributed by atoms with E-state index < -0.39 is 0 Å². The lowest BCUT2D eigenvalue weighted by molar-refractivity contribution is 0.309. The summed E-state index contributed by atoms with van der Waals surface area (Å²) in [6, 6.07) is 9.16. The first kappa shape index (κ1) is 13.0. The first-order chi connectivity index (χ1) is 8.79. The van der Waals surface area contributed by atoms with E-state index in [2.05, 4.69) is 11.8 Å². The van der Waals surface area contributed by atoms with E-state index in [4.69, 9.17) is 21.4 Å². The molecule has 0 saturated heterocycles. The number of aliphatic hydroxyl groups is 1. The van der Waals surface area contributed by atoms with E-state index in [1.54, 1.807) is 23.5 Å². The van der Waals surface area contributed by atoms with Crippen LogP contribution in [0.2, 0.25) is 5.02 Å². The largest absolute Gasteiger partial charge is 0.488 e. The molecule has 0 aliphatic carbocycles. The second-order valence-electron chi connectivity index (χ2n) is 3.46. The molecule has 0 aliphatic heterocycles. The van der Waals surface area contributed by atoms with Gasteiger partial charge in [-0.05, 0) is 35.7 Å². The summed E-state index contributed by atoms with van der Waals surface area (Å²) < 4.78 is 5.65. The molecule has 92 valence electrons. The molecule has 0 spiro atoms. The lowest BCUT2D eigenvalue weighted by Gasteiger charge is -2.05. The van der Waals surface area contributed by atoms with Gasteiger partial charge >= 0.3 is 0 Å². The lowest BCUT2D eigenvalue weighted by Crippen LogP contribution is -1.94. The standard InChI is InChI=1S/C14H11ClO2S/c15-12-3-5-13(6-4-12)17-10-14-11(2-1-8-16)7-9-18-14/h3-7,9,16H,8,10H2. The molecular weight excluding hydrogens is 268 g/mol. The third-order valence-electron chi connectivity index (χ3n) is 2.23. The van der Waals surface area contributed by atoms with Crippen molar-refractivity contribution < 1.29 is 9.84 Å². The number of ether oxygens (including phenoxy) is 1. The smallest absolute Gasteiger partial charge is 0.124 e. The Morgan fingerprint density at radius 3 is 2.72 bits per heavy atom. The van der Waals surface area contributed by atoms with Gasteiger partial charge in [0.1, 0.15) is 19.0 Å². The molecule has 0 atom stereocenters. The van der Waals surface area contributed by atoms with Crippen molar-refractivity contribution in [3.8, 4) is 17.6 Å². The Balaban J connectivity index is 2.02. The van der Waals surface area contributed by atoms with Gasteiger partial charge in [0.2, 0.25) is 0 Å². The topological polar surface area (TPSA) is 29.5 Å². The van der Waals surface area contributed by atoms with Crippen LogP contribution in [0.25, 0.3) is 0 Å². The van der Waals surface area contributed by atoms with Crippen LogP contribution < -0.4 is 4.74 Å². The van der Waals surface area contributed by atoms with Gasteiger partial charge in [0, 0.05) is 10.6 Å². The fourth-order valence-electron chi connectivity index (χ4n) is 1.38. The molecule has 0 fully saturated rings. The quantitative estimate of drug-likeness (QED) is 0.873. The molecule has 4 heteroatoms. The van der Waals surface area contributed by atoms with Gasteiger partial charge < -0.3 is 9.84 Å². The van der Waals surface area contributed by atoms with Crippen molar-refractivity contribution in [1.82, 2.24) is 0 Å². The summed E-state index contributed by atoms with van der Waals surface area (Å²) in [5.74, 6) is 6.31. The van der Waals surface area contributed by atoms with Gasteiger partial charge in [0.05, 0.1) is 4.88 Å². The molecule has 0 amide bonds. The zero-order valence-electron chi connectivity index (χ0n) is 9.52. The van der Waals surface area contributed by atoms with Crippen molar-refractivity contribution in [2.45, 2.75) is 6.61 Å². The molecular formula is C14H11ClO2S. The van der Waals surface area contributed by atoms with Gasteiger partial charge in [-0.2, -0.15) is 0 Å². The van der Waals surface area contributed by atoms with Gasteiger partial charge in [-0.25, -0.2) is 0 Å². The van der Waals surface area contributed by atoms with E-state index >= 15 is 0 Å². The third kappa shape index (κ3) is 3.51. The number of hydrogen-bond donors (Lipinski definition) is 1. The monoisotopic (exact) mass is 278 g/mol. The molecule has 0 bridgehead atoms. The Labute approximate surface area is 115 Å². The van der Waals surface area contributed by atoms with Crippen LogP contribution in [0.3, 0.4) is 0 Å². The Hall–Kier alpha value is -1.47. The van der Waals surface area contributed by atoms with Crippen LogP contribution in [-0.2, 0) is 6.61 Å². The van der Waals surface area contributed by atoms with Crippen molar-refractivity contribution in [2.75, 3.05) is 6.61 Å². The van der Waals surface area contributed by atoms with Crippen LogP contribution in [0.4, 0.5) is 0 Å². The molecule has 0 saturated carbocycles. The molecule has 1 aromatic carbocycles. The summed E-state index contributed by atoms with van der Waals surface area (Å²) in [4.78, 5) is 1.05. The Kier molecular flexibility index (Phi) is 4.66. The van der Waals surface area contributed by atoms with Gasteiger partial charge in [-0.15, -0.1) is 11.3 Å². The molecule has 0 radical (unpaired) electrons. The number of halogens is 1. The minimum atomic E-state index is -0.132. The normalized spacial score (nSPS) is 9.67. The maximum Gasteiger partial charge on any atom is 0.124 e. The molecule has 0 unspecified atom stereocenters. The Morgan fingerprint density at radius 1 is 1.22 bits per heavy atom. The van der Waals surface area contributed by atoms with E-state index in [1.807, 2.05) is 23.6 Å². The van der Waals surface area contributed by atoms with E-state index in [1.165, 1.54) is 0 Å². The van der Waals surface area contributed by atoms with Crippen molar-refractivity contribution in [1.29, 1.82) is 0 Å². The molecule has 1 aromatic heterocycles. The van der Waals surface area contributed by atoms with E-state index in [9.17, 15) is 0 Å². The van der Waals surface area contributed by atoms with Crippen LogP contribution in [0.5, 0.6) is 5.75 Å². The van der Waals surface area contributed by atoms with Crippen molar-refractivity contribution in [3.63, 3.8) is 0 Å². The number of aliphatic hydroxyl groups excluding tert-OH is 1. The lowest BCUT2D eigenvalue weighted by atomic mass is 10.2. The maximum absolute atomic E-state index is 8.68. The highest BCUT2D eigenvalue weighted by atomic mass is 35.5. The zero-order chi connectivity index (χ0) is 12.8. The first-order valence-corrected chi connectivity index (χ1v) is 6.60. The second kappa shape index (κ2) is 6.46. The molecule has 0 aliphatic rings. The summed E-state index contributed by atoms with van der Waals surface area (Å²) in [5, 5.41) is 11.3. The minimum absolute atomic E-state index is 0.132. The zero-order valence-corrected chi connectivity index (χ0v) is 11.1. The first-order valence-electron chi connectivity index (χ1n) is 5.34. The Morgan fingerprint density at radius 2 is 2.00 bits per heavy atom. The average molecular weight is 279 g/mol. The Bertz CT molecular complexity index is 563. The fourth-order valence-corrected chi connectivity index (χ4v) is 2.25. The highest BCUT2D eigenvalue weighted by Gasteiger charge is 2.03. The molecule has 1 heterocycles. The van der Waals surface area contributed by atoms with Gasteiger partial charge in [-0.1, -0.05) is 23.4 Å². The number of rotatable bonds is 3. The third-order valence-corrected chi connectivity index (χ3v) is 3.38. The summed E-state index contributed by atoms with van der Waals surface area (Å²) >= 11 is 7.39. The fraction of sp³-hybridized carbons (Fsp3) is 0.143. The molecule has 18 heavy (non-hydrogen) atoms. The van der Waals surface area contributed by atoms with Crippen LogP contribution in [-0.4, -0.2) is 11.7 Å². The molecule has 2 aromatic rings. The molecule has 2 nitrogen and oxygen atoms in total. The maximum atomic E-state index is 8.68. The van der Waals surface area contributed by atoms with Crippen LogP contribution in [0, 0.1) is 11.8 Å². The summed E-state index contributed by atoms with van der Waals surface area (Å²) in [5.41, 5.74) is 0.906. The van der Waals surface area contributed by atoms with Gasteiger partial charge in [0.15, 0.2) is 0 Å². The summed E-state index contributed by atoms with van der Waals surface area (Å²) in [6.07, 6.45) is 0. The SMILES string of the molecule is OCC#Cc1ccsc1COc1ccc(Cl)cc1. The number of hydrogen-bond acceptors (Lipinski definition) is 3. The summed E-state index contributed by atoms with van der Waals surface area (Å²) in [7, 11) is 0. The van der Waals surface area contributed by atoms with E-state index in [0.717, 1.165) is 16.2 Å². The summed E-state index contributed by atoms with van der Waals surface area (Å²) in [6.45, 7) is 0.335.